The van der Waals surface area contributed by atoms with Gasteiger partial charge in [-0.3, -0.25) is 8.80 Å². The van der Waals surface area contributed by atoms with Gasteiger partial charge >= 0.3 is 0 Å². The maximum absolute atomic E-state index is 6.69. The Balaban J connectivity index is 1.11. The number of imidazole rings is 2. The van der Waals surface area contributed by atoms with Crippen LogP contribution < -0.4 is 4.74 Å². The molecule has 11 rings (SSSR count). The zero-order chi connectivity index (χ0) is 34.7. The van der Waals surface area contributed by atoms with Crippen molar-refractivity contribution >= 4 is 76.8 Å². The van der Waals surface area contributed by atoms with Gasteiger partial charge in [-0.25, -0.2) is 15.0 Å². The Hall–Kier alpha value is -6.79. The molecule has 6 nitrogen and oxygen atoms in total. The topological polar surface area (TPSA) is 56.7 Å². The molecule has 0 aliphatic carbocycles. The molecule has 0 saturated heterocycles. The van der Waals surface area contributed by atoms with E-state index in [-0.39, 0.29) is 0 Å². The second-order valence-corrected chi connectivity index (χ2v) is 13.9. The highest BCUT2D eigenvalue weighted by atomic mass is 16.5. The normalized spacial score (nSPS) is 12.1. The lowest BCUT2D eigenvalue weighted by Gasteiger charge is -2.15. The van der Waals surface area contributed by atoms with Crippen LogP contribution in [0.15, 0.2) is 134 Å². The van der Waals surface area contributed by atoms with E-state index in [1.807, 2.05) is 36.5 Å². The second kappa shape index (κ2) is 10.6. The average molecular weight is 670 g/mol. The molecule has 5 heterocycles. The Morgan fingerprint density at radius 1 is 0.462 bits per heavy atom. The maximum atomic E-state index is 6.69. The third-order valence-corrected chi connectivity index (χ3v) is 10.6. The molecule has 0 aliphatic rings. The monoisotopic (exact) mass is 669 g/mol. The van der Waals surface area contributed by atoms with Crippen LogP contribution in [0.4, 0.5) is 0 Å². The van der Waals surface area contributed by atoms with Gasteiger partial charge in [0.2, 0.25) is 0 Å². The summed E-state index contributed by atoms with van der Waals surface area (Å²) < 4.78 is 11.2. The first-order valence-electron chi connectivity index (χ1n) is 17.6. The van der Waals surface area contributed by atoms with Crippen LogP contribution >= 0.6 is 0 Å². The Bertz CT molecular complexity index is 3290. The fourth-order valence-corrected chi connectivity index (χ4v) is 8.54. The van der Waals surface area contributed by atoms with E-state index in [2.05, 4.69) is 127 Å². The predicted molar refractivity (Wildman–Crippen MR) is 213 cm³/mol. The third-order valence-electron chi connectivity index (χ3n) is 10.6. The van der Waals surface area contributed by atoms with Gasteiger partial charge in [-0.05, 0) is 133 Å². The number of aromatic nitrogens is 5. The minimum atomic E-state index is 0.739. The third kappa shape index (κ3) is 4.09. The van der Waals surface area contributed by atoms with Gasteiger partial charge in [0.25, 0.3) is 0 Å². The van der Waals surface area contributed by atoms with Crippen molar-refractivity contribution < 1.29 is 4.74 Å². The molecule has 5 aromatic heterocycles. The maximum Gasteiger partial charge on any atom is 0.147 e. The van der Waals surface area contributed by atoms with Crippen molar-refractivity contribution in [3.05, 3.63) is 150 Å². The molecule has 0 atom stereocenters. The van der Waals surface area contributed by atoms with E-state index in [0.29, 0.717) is 0 Å². The van der Waals surface area contributed by atoms with Crippen LogP contribution in [0.5, 0.6) is 11.5 Å². The molecular formula is C46H31N5O. The summed E-state index contributed by atoms with van der Waals surface area (Å²) in [5.74, 6) is 1.48. The highest BCUT2D eigenvalue weighted by molar-refractivity contribution is 6.15. The molecule has 0 radical (unpaired) electrons. The van der Waals surface area contributed by atoms with Gasteiger partial charge < -0.3 is 4.74 Å². The van der Waals surface area contributed by atoms with Gasteiger partial charge in [-0.1, -0.05) is 54.1 Å². The van der Waals surface area contributed by atoms with Gasteiger partial charge in [0.15, 0.2) is 0 Å². The van der Waals surface area contributed by atoms with Crippen LogP contribution in [0, 0.1) is 20.8 Å². The number of ether oxygens (including phenoxy) is 1. The van der Waals surface area contributed by atoms with Gasteiger partial charge in [0.1, 0.15) is 28.4 Å². The molecule has 6 aromatic carbocycles. The number of rotatable bonds is 3. The van der Waals surface area contributed by atoms with E-state index in [9.17, 15) is 0 Å². The summed E-state index contributed by atoms with van der Waals surface area (Å²) in [5.41, 5.74) is 14.1. The summed E-state index contributed by atoms with van der Waals surface area (Å²) in [6.45, 7) is 6.58. The van der Waals surface area contributed by atoms with Crippen LogP contribution in [0.25, 0.3) is 88.0 Å². The quantitative estimate of drug-likeness (QED) is 0.176. The Kier molecular flexibility index (Phi) is 5.91. The number of hydrogen-bond acceptors (Lipinski definition) is 4. The van der Waals surface area contributed by atoms with E-state index in [0.717, 1.165) is 83.0 Å². The minimum absolute atomic E-state index is 0.739. The molecule has 0 bridgehead atoms. The highest BCUT2D eigenvalue weighted by Crippen LogP contribution is 2.39. The molecule has 0 spiro atoms. The molecule has 0 N–H and O–H groups in total. The van der Waals surface area contributed by atoms with Gasteiger partial charge in [-0.15, -0.1) is 0 Å². The number of pyridine rings is 3. The number of fused-ring (bicyclic) bond motifs is 16. The molecule has 0 fully saturated rings. The first-order chi connectivity index (χ1) is 25.5. The second-order valence-electron chi connectivity index (χ2n) is 13.9. The molecule has 0 unspecified atom stereocenters. The van der Waals surface area contributed by atoms with Crippen LogP contribution in [-0.4, -0.2) is 23.8 Å². The van der Waals surface area contributed by atoms with E-state index in [1.165, 1.54) is 33.2 Å². The first-order valence-corrected chi connectivity index (χ1v) is 17.6. The van der Waals surface area contributed by atoms with Gasteiger partial charge in [0, 0.05) is 27.7 Å². The number of benzene rings is 6. The van der Waals surface area contributed by atoms with Crippen molar-refractivity contribution in [2.45, 2.75) is 20.8 Å². The summed E-state index contributed by atoms with van der Waals surface area (Å²) in [7, 11) is 0. The number of aryl methyl sites for hydroxylation is 3. The molecule has 0 saturated carbocycles. The number of para-hydroxylation sites is 4. The lowest BCUT2D eigenvalue weighted by molar-refractivity contribution is 0.484. The van der Waals surface area contributed by atoms with Crippen molar-refractivity contribution in [1.82, 2.24) is 23.8 Å². The SMILES string of the molecule is Cc1cc(C)c(-c2ccc3c4ccc(Oc5ccc6c7cccnc7n7c8ccccc8nc7c6c5)cc4c4nc5ccccc5n4c3c2)c(C)c1. The molecule has 11 aromatic rings. The lowest BCUT2D eigenvalue weighted by Crippen LogP contribution is -1.95. The molecule has 0 aliphatic heterocycles. The van der Waals surface area contributed by atoms with Crippen molar-refractivity contribution in [2.24, 2.45) is 0 Å². The summed E-state index contributed by atoms with van der Waals surface area (Å²) >= 11 is 0. The number of nitrogens with zero attached hydrogens (tertiary/aromatic N) is 5. The molecule has 6 heteroatoms. The van der Waals surface area contributed by atoms with Gasteiger partial charge in [0.05, 0.1) is 27.6 Å². The van der Waals surface area contributed by atoms with E-state index >= 15 is 0 Å². The summed E-state index contributed by atoms with van der Waals surface area (Å²) in [4.78, 5) is 15.0. The zero-order valence-electron chi connectivity index (χ0n) is 28.8. The van der Waals surface area contributed by atoms with E-state index < -0.39 is 0 Å². The van der Waals surface area contributed by atoms with Crippen molar-refractivity contribution in [3.63, 3.8) is 0 Å². The van der Waals surface area contributed by atoms with Gasteiger partial charge in [-0.2, -0.15) is 0 Å². The standard InChI is InChI=1S/C46H31N5O/c1-26-21-27(2)43(28(3)22-26)29-14-17-34-32-18-15-30(24-36(32)45-48-38-10-4-6-12-40(38)50(45)42(34)23-29)52-31-16-19-33-35-9-8-20-47-44(35)51-41-13-7-5-11-39(41)49-46(51)37(33)25-31/h4-25H,1-3H3. The van der Waals surface area contributed by atoms with Crippen LogP contribution in [0.1, 0.15) is 16.7 Å². The minimum Gasteiger partial charge on any atom is -0.457 e. The van der Waals surface area contributed by atoms with Crippen LogP contribution in [0.2, 0.25) is 0 Å². The molecule has 52 heavy (non-hydrogen) atoms. The smallest absolute Gasteiger partial charge is 0.147 e. The van der Waals surface area contributed by atoms with Crippen molar-refractivity contribution in [2.75, 3.05) is 0 Å². The Morgan fingerprint density at radius 2 is 1.06 bits per heavy atom. The summed E-state index contributed by atoms with van der Waals surface area (Å²) in [6.07, 6.45) is 1.84. The van der Waals surface area contributed by atoms with Crippen molar-refractivity contribution in [3.8, 4) is 22.6 Å². The molecular weight excluding hydrogens is 639 g/mol. The average Bonchev–Trinajstić information content (AvgIpc) is 3.75. The summed E-state index contributed by atoms with van der Waals surface area (Å²) in [6, 6.07) is 44.7. The highest BCUT2D eigenvalue weighted by Gasteiger charge is 2.18. The predicted octanol–water partition coefficient (Wildman–Crippen LogP) is 11.7. The molecule has 246 valence electrons. The van der Waals surface area contributed by atoms with E-state index in [4.69, 9.17) is 19.7 Å². The fourth-order valence-electron chi connectivity index (χ4n) is 8.54. The summed E-state index contributed by atoms with van der Waals surface area (Å²) in [5, 5.41) is 6.51. The first kappa shape index (κ1) is 29.0. The van der Waals surface area contributed by atoms with E-state index in [1.54, 1.807) is 0 Å². The Labute approximate surface area is 298 Å². The molecule has 0 amide bonds. The van der Waals surface area contributed by atoms with Crippen molar-refractivity contribution in [1.29, 1.82) is 0 Å². The zero-order valence-corrected chi connectivity index (χ0v) is 28.8. The number of hydrogen-bond donors (Lipinski definition) is 0. The Morgan fingerprint density at radius 3 is 1.75 bits per heavy atom. The largest absolute Gasteiger partial charge is 0.457 e. The lowest BCUT2D eigenvalue weighted by atomic mass is 9.92. The van der Waals surface area contributed by atoms with Crippen LogP contribution in [0.3, 0.4) is 0 Å². The fraction of sp³-hybridized carbons (Fsp3) is 0.0652. The van der Waals surface area contributed by atoms with Crippen LogP contribution in [-0.2, 0) is 0 Å².